The molecule has 0 N–H and O–H groups in total. The number of rotatable bonds is 5. The fraction of sp³-hybridized carbons (Fsp3) is 1.00. The van der Waals surface area contributed by atoms with Crippen molar-refractivity contribution in [3.8, 4) is 0 Å². The summed E-state index contributed by atoms with van der Waals surface area (Å²) >= 11 is 0. The van der Waals surface area contributed by atoms with Gasteiger partial charge in [0.2, 0.25) is 0 Å². The lowest BCUT2D eigenvalue weighted by molar-refractivity contribution is 0.122. The molecule has 0 unspecified atom stereocenters. The second-order valence-electron chi connectivity index (χ2n) is 5.71. The molecule has 0 atom stereocenters. The molecule has 1 heterocycles. The highest BCUT2D eigenvalue weighted by atomic mass is 15.3. The molecule has 1 aliphatic heterocycles. The minimum atomic E-state index is 0.722. The zero-order valence-corrected chi connectivity index (χ0v) is 11.2. The van der Waals surface area contributed by atoms with E-state index in [0.717, 1.165) is 12.1 Å². The Morgan fingerprint density at radius 2 is 1.75 bits per heavy atom. The lowest BCUT2D eigenvalue weighted by atomic mass is 10.3. The minimum Gasteiger partial charge on any atom is -0.304 e. The van der Waals surface area contributed by atoms with Gasteiger partial charge in [-0.15, -0.1) is 0 Å². The largest absolute Gasteiger partial charge is 0.304 e. The van der Waals surface area contributed by atoms with Crippen molar-refractivity contribution in [2.45, 2.75) is 38.8 Å². The first kappa shape index (κ1) is 12.3. The highest BCUT2D eigenvalue weighted by Gasteiger charge is 2.30. The summed E-state index contributed by atoms with van der Waals surface area (Å²) < 4.78 is 0. The van der Waals surface area contributed by atoms with Crippen molar-refractivity contribution < 1.29 is 0 Å². The molecule has 3 nitrogen and oxygen atoms in total. The van der Waals surface area contributed by atoms with E-state index in [4.69, 9.17) is 0 Å². The van der Waals surface area contributed by atoms with Crippen LogP contribution in [-0.2, 0) is 0 Å². The zero-order chi connectivity index (χ0) is 11.5. The molecule has 94 valence electrons. The maximum absolute atomic E-state index is 2.69. The molecule has 0 amide bonds. The normalized spacial score (nSPS) is 24.6. The second kappa shape index (κ2) is 5.48. The van der Waals surface area contributed by atoms with Crippen molar-refractivity contribution in [2.24, 2.45) is 0 Å². The summed E-state index contributed by atoms with van der Waals surface area (Å²) in [5, 5.41) is 0. The Kier molecular flexibility index (Phi) is 4.22. The van der Waals surface area contributed by atoms with Crippen LogP contribution in [0.4, 0.5) is 0 Å². The summed E-state index contributed by atoms with van der Waals surface area (Å²) in [4.78, 5) is 7.74. The Bertz CT molecular complexity index is 203. The average molecular weight is 225 g/mol. The number of piperazine rings is 1. The van der Waals surface area contributed by atoms with Gasteiger partial charge in [0.05, 0.1) is 0 Å². The zero-order valence-electron chi connectivity index (χ0n) is 11.2. The Balaban J connectivity index is 1.69. The third kappa shape index (κ3) is 3.44. The smallest absolute Gasteiger partial charge is 0.0115 e. The van der Waals surface area contributed by atoms with Crippen LogP contribution in [0.3, 0.4) is 0 Å². The molecule has 0 aromatic heterocycles. The van der Waals surface area contributed by atoms with Crippen molar-refractivity contribution in [2.75, 3.05) is 46.3 Å². The van der Waals surface area contributed by atoms with Gasteiger partial charge in [-0.3, -0.25) is 9.80 Å². The molecule has 0 radical (unpaired) electrons. The van der Waals surface area contributed by atoms with Crippen molar-refractivity contribution in [1.82, 2.24) is 14.7 Å². The van der Waals surface area contributed by atoms with E-state index in [9.17, 15) is 0 Å². The molecule has 2 aliphatic rings. The third-order valence-corrected chi connectivity index (χ3v) is 3.95. The van der Waals surface area contributed by atoms with Gasteiger partial charge in [0.15, 0.2) is 0 Å². The van der Waals surface area contributed by atoms with Crippen LogP contribution in [0.2, 0.25) is 0 Å². The Hall–Kier alpha value is -0.120. The van der Waals surface area contributed by atoms with Crippen molar-refractivity contribution in [3.63, 3.8) is 0 Å². The van der Waals surface area contributed by atoms with Gasteiger partial charge in [-0.2, -0.15) is 0 Å². The highest BCUT2D eigenvalue weighted by molar-refractivity contribution is 4.87. The van der Waals surface area contributed by atoms with Crippen LogP contribution >= 0.6 is 0 Å². The summed E-state index contributed by atoms with van der Waals surface area (Å²) in [5.41, 5.74) is 0. The molecule has 3 heteroatoms. The lowest BCUT2D eigenvalue weighted by Crippen LogP contribution is -2.48. The molecule has 2 rings (SSSR count). The van der Waals surface area contributed by atoms with E-state index in [2.05, 4.69) is 35.6 Å². The monoisotopic (exact) mass is 225 g/mol. The van der Waals surface area contributed by atoms with Gasteiger partial charge in [0, 0.05) is 51.4 Å². The number of nitrogens with zero attached hydrogens (tertiary/aromatic N) is 3. The standard InChI is InChI=1S/C13H27N3/c1-12(2)16(13-4-5-13)11-10-15-8-6-14(3)7-9-15/h12-13H,4-11H2,1-3H3. The van der Waals surface area contributed by atoms with Crippen molar-refractivity contribution in [3.05, 3.63) is 0 Å². The fourth-order valence-electron chi connectivity index (χ4n) is 2.60. The molecular weight excluding hydrogens is 198 g/mol. The van der Waals surface area contributed by atoms with Crippen LogP contribution in [0.25, 0.3) is 0 Å². The van der Waals surface area contributed by atoms with Gasteiger partial charge in [-0.1, -0.05) is 0 Å². The maximum atomic E-state index is 2.69. The Labute approximate surface area is 100 Å². The number of hydrogen-bond donors (Lipinski definition) is 0. The van der Waals surface area contributed by atoms with Gasteiger partial charge < -0.3 is 4.90 Å². The highest BCUT2D eigenvalue weighted by Crippen LogP contribution is 2.28. The van der Waals surface area contributed by atoms with Crippen LogP contribution in [-0.4, -0.2) is 73.1 Å². The first-order valence-corrected chi connectivity index (χ1v) is 6.83. The predicted molar refractivity (Wildman–Crippen MR) is 68.8 cm³/mol. The minimum absolute atomic E-state index is 0.722. The molecule has 1 saturated heterocycles. The van der Waals surface area contributed by atoms with E-state index < -0.39 is 0 Å². The lowest BCUT2D eigenvalue weighted by Gasteiger charge is -2.35. The molecule has 0 aromatic rings. The van der Waals surface area contributed by atoms with Gasteiger partial charge >= 0.3 is 0 Å². The molecule has 0 bridgehead atoms. The number of likely N-dealkylation sites (N-methyl/N-ethyl adjacent to an activating group) is 1. The van der Waals surface area contributed by atoms with Crippen LogP contribution < -0.4 is 0 Å². The molecule has 0 spiro atoms. The molecule has 1 saturated carbocycles. The summed E-state index contributed by atoms with van der Waals surface area (Å²) in [6.45, 7) is 12.2. The molecule has 16 heavy (non-hydrogen) atoms. The van der Waals surface area contributed by atoms with Crippen molar-refractivity contribution >= 4 is 0 Å². The quantitative estimate of drug-likeness (QED) is 0.694. The van der Waals surface area contributed by atoms with E-state index in [1.54, 1.807) is 0 Å². The molecule has 0 aromatic carbocycles. The second-order valence-corrected chi connectivity index (χ2v) is 5.71. The first-order valence-electron chi connectivity index (χ1n) is 6.83. The van der Waals surface area contributed by atoms with Crippen LogP contribution in [0.5, 0.6) is 0 Å². The Morgan fingerprint density at radius 1 is 1.12 bits per heavy atom. The fourth-order valence-corrected chi connectivity index (χ4v) is 2.60. The van der Waals surface area contributed by atoms with Gasteiger partial charge in [0.1, 0.15) is 0 Å². The summed E-state index contributed by atoms with van der Waals surface area (Å²) in [6, 6.07) is 1.63. The maximum Gasteiger partial charge on any atom is 0.0115 e. The van der Waals surface area contributed by atoms with E-state index >= 15 is 0 Å². The van der Waals surface area contributed by atoms with Gasteiger partial charge in [-0.05, 0) is 33.7 Å². The summed E-state index contributed by atoms with van der Waals surface area (Å²) in [5.74, 6) is 0. The van der Waals surface area contributed by atoms with Crippen molar-refractivity contribution in [1.29, 1.82) is 0 Å². The predicted octanol–water partition coefficient (Wildman–Crippen LogP) is 1.11. The molecule has 2 fully saturated rings. The van der Waals surface area contributed by atoms with Gasteiger partial charge in [0.25, 0.3) is 0 Å². The first-order chi connectivity index (χ1) is 7.66. The van der Waals surface area contributed by atoms with E-state index in [1.807, 2.05) is 0 Å². The van der Waals surface area contributed by atoms with Crippen LogP contribution in [0.15, 0.2) is 0 Å². The average Bonchev–Trinajstić information content (AvgIpc) is 3.05. The summed E-state index contributed by atoms with van der Waals surface area (Å²) in [7, 11) is 2.22. The Morgan fingerprint density at radius 3 is 2.25 bits per heavy atom. The number of hydrogen-bond acceptors (Lipinski definition) is 3. The SMILES string of the molecule is CC(C)N(CCN1CCN(C)CC1)C1CC1. The topological polar surface area (TPSA) is 9.72 Å². The van der Waals surface area contributed by atoms with E-state index in [-0.39, 0.29) is 0 Å². The third-order valence-electron chi connectivity index (χ3n) is 3.95. The molecular formula is C13H27N3. The van der Waals surface area contributed by atoms with Crippen LogP contribution in [0, 0.1) is 0 Å². The van der Waals surface area contributed by atoms with Crippen LogP contribution in [0.1, 0.15) is 26.7 Å². The van der Waals surface area contributed by atoms with Gasteiger partial charge in [-0.25, -0.2) is 0 Å². The summed E-state index contributed by atoms with van der Waals surface area (Å²) in [6.07, 6.45) is 2.86. The van der Waals surface area contributed by atoms with E-state index in [1.165, 1.54) is 52.1 Å². The molecule has 1 aliphatic carbocycles. The van der Waals surface area contributed by atoms with E-state index in [0.29, 0.717) is 0 Å².